The van der Waals surface area contributed by atoms with E-state index in [-0.39, 0.29) is 5.78 Å². The van der Waals surface area contributed by atoms with Gasteiger partial charge in [-0.3, -0.25) is 4.79 Å². The van der Waals surface area contributed by atoms with Gasteiger partial charge in [0.25, 0.3) is 0 Å². The van der Waals surface area contributed by atoms with E-state index in [1.807, 2.05) is 0 Å². The van der Waals surface area contributed by atoms with E-state index < -0.39 is 0 Å². The zero-order valence-electron chi connectivity index (χ0n) is 16.1. The third-order valence-corrected chi connectivity index (χ3v) is 5.62. The lowest BCUT2D eigenvalue weighted by Gasteiger charge is -2.27. The number of fused-ring (bicyclic) bond motifs is 5. The summed E-state index contributed by atoms with van der Waals surface area (Å²) in [5.41, 5.74) is 16.1. The molecule has 0 bridgehead atoms. The molecule has 0 spiro atoms. The first-order chi connectivity index (χ1) is 13.8. The van der Waals surface area contributed by atoms with Crippen molar-refractivity contribution >= 4 is 11.4 Å². The van der Waals surface area contributed by atoms with Gasteiger partial charge in [-0.15, -0.1) is 0 Å². The number of allylic oxidation sites excluding steroid dienone is 3. The van der Waals surface area contributed by atoms with Gasteiger partial charge < -0.3 is 11.1 Å². The Morgan fingerprint density at radius 3 is 2.61 bits per heavy atom. The lowest BCUT2D eigenvalue weighted by molar-refractivity contribution is -0.113. The maximum absolute atomic E-state index is 10.5. The minimum absolute atomic E-state index is 0.120. The molecule has 1 heterocycles. The number of benzene rings is 2. The normalized spacial score (nSPS) is 16.5. The van der Waals surface area contributed by atoms with Gasteiger partial charge in [-0.2, -0.15) is 0 Å². The van der Waals surface area contributed by atoms with Crippen LogP contribution in [0.1, 0.15) is 28.7 Å². The summed E-state index contributed by atoms with van der Waals surface area (Å²) in [5.74, 6) is 0.120. The fourth-order valence-electron chi connectivity index (χ4n) is 4.28. The molecule has 0 saturated carbocycles. The highest BCUT2D eigenvalue weighted by molar-refractivity contribution is 5.92. The fraction of sp³-hybridized carbons (Fsp3) is 0.240. The van der Waals surface area contributed by atoms with Crippen LogP contribution in [0.4, 0.5) is 0 Å². The molecule has 2 aliphatic carbocycles. The Balaban J connectivity index is 0.000000203. The van der Waals surface area contributed by atoms with Gasteiger partial charge in [0.2, 0.25) is 0 Å². The largest absolute Gasteiger partial charge is 0.383 e. The van der Waals surface area contributed by atoms with Crippen molar-refractivity contribution in [2.45, 2.75) is 25.7 Å². The predicted molar refractivity (Wildman–Crippen MR) is 116 cm³/mol. The van der Waals surface area contributed by atoms with Crippen molar-refractivity contribution < 1.29 is 4.79 Å². The smallest absolute Gasteiger partial charge is 0.174 e. The number of nitrogens with one attached hydrogen (secondary N) is 1. The second-order valence-corrected chi connectivity index (χ2v) is 7.31. The molecule has 0 atom stereocenters. The highest BCUT2D eigenvalue weighted by atomic mass is 16.1. The van der Waals surface area contributed by atoms with E-state index in [9.17, 15) is 4.79 Å². The molecule has 0 unspecified atom stereocenters. The van der Waals surface area contributed by atoms with Gasteiger partial charge >= 0.3 is 0 Å². The van der Waals surface area contributed by atoms with Crippen molar-refractivity contribution in [1.29, 1.82) is 0 Å². The van der Waals surface area contributed by atoms with Gasteiger partial charge in [-0.25, -0.2) is 0 Å². The first-order valence-corrected chi connectivity index (χ1v) is 10.00. The number of ketones is 1. The maximum atomic E-state index is 10.5. The molecular formula is C25H26N2O. The molecule has 0 aromatic heterocycles. The van der Waals surface area contributed by atoms with Crippen molar-refractivity contribution in [3.05, 3.63) is 89.2 Å². The summed E-state index contributed by atoms with van der Waals surface area (Å²) in [5, 5.41) is 2.80. The minimum Gasteiger partial charge on any atom is -0.383 e. The van der Waals surface area contributed by atoms with Crippen molar-refractivity contribution in [1.82, 2.24) is 5.32 Å². The molecule has 3 N–H and O–H groups in total. The van der Waals surface area contributed by atoms with Crippen LogP contribution in [0.25, 0.3) is 16.7 Å². The van der Waals surface area contributed by atoms with Crippen molar-refractivity contribution in [2.24, 2.45) is 5.73 Å². The van der Waals surface area contributed by atoms with E-state index >= 15 is 0 Å². The molecule has 0 radical (unpaired) electrons. The third kappa shape index (κ3) is 3.71. The summed E-state index contributed by atoms with van der Waals surface area (Å²) >= 11 is 0. The molecule has 0 fully saturated rings. The molecule has 142 valence electrons. The Hall–Kier alpha value is -2.91. The van der Waals surface area contributed by atoms with E-state index in [4.69, 9.17) is 5.73 Å². The van der Waals surface area contributed by atoms with Crippen LogP contribution >= 0.6 is 0 Å². The lowest BCUT2D eigenvalue weighted by Crippen LogP contribution is -2.14. The predicted octanol–water partition coefficient (Wildman–Crippen LogP) is 3.97. The summed E-state index contributed by atoms with van der Waals surface area (Å²) in [7, 11) is 0. The molecule has 2 aromatic rings. The van der Waals surface area contributed by atoms with Gasteiger partial charge in [-0.05, 0) is 83.0 Å². The van der Waals surface area contributed by atoms with Gasteiger partial charge in [0.05, 0.1) is 6.54 Å². The summed E-state index contributed by atoms with van der Waals surface area (Å²) in [4.78, 5) is 10.5. The highest BCUT2D eigenvalue weighted by Gasteiger charge is 2.22. The Morgan fingerprint density at radius 2 is 1.71 bits per heavy atom. The van der Waals surface area contributed by atoms with Crippen LogP contribution in [0.2, 0.25) is 0 Å². The zero-order chi connectivity index (χ0) is 19.3. The monoisotopic (exact) mass is 370 g/mol. The minimum atomic E-state index is 0.120. The first-order valence-electron chi connectivity index (χ1n) is 10.00. The van der Waals surface area contributed by atoms with Crippen LogP contribution in [-0.2, 0) is 24.1 Å². The molecule has 2 aromatic carbocycles. The molecule has 0 amide bonds. The van der Waals surface area contributed by atoms with Gasteiger partial charge in [0, 0.05) is 6.54 Å². The van der Waals surface area contributed by atoms with Crippen LogP contribution < -0.4 is 11.1 Å². The summed E-state index contributed by atoms with van der Waals surface area (Å²) < 4.78 is 0. The van der Waals surface area contributed by atoms with Crippen molar-refractivity contribution in [3.63, 3.8) is 0 Å². The Morgan fingerprint density at radius 1 is 0.893 bits per heavy atom. The quantitative estimate of drug-likeness (QED) is 0.799. The van der Waals surface area contributed by atoms with Crippen molar-refractivity contribution in [2.75, 3.05) is 13.1 Å². The number of carbonyl (C=O) groups excluding carboxylic acids is 1. The zero-order valence-corrected chi connectivity index (χ0v) is 16.1. The third-order valence-electron chi connectivity index (χ3n) is 5.62. The SMILES string of the molecule is NCC1=CCCc2c1ccc1c2CCc2ccccc2-1.O=C1C=CC=CNC1. The lowest BCUT2D eigenvalue weighted by atomic mass is 9.78. The number of hydrogen-bond donors (Lipinski definition) is 2. The molecular weight excluding hydrogens is 344 g/mol. The van der Waals surface area contributed by atoms with Gasteiger partial charge in [-0.1, -0.05) is 48.6 Å². The second-order valence-electron chi connectivity index (χ2n) is 7.31. The fourth-order valence-corrected chi connectivity index (χ4v) is 4.28. The summed E-state index contributed by atoms with van der Waals surface area (Å²) in [6.45, 7) is 1.08. The highest BCUT2D eigenvalue weighted by Crippen LogP contribution is 2.39. The average Bonchev–Trinajstić information content (AvgIpc) is 3.00. The Labute approximate surface area is 166 Å². The van der Waals surface area contributed by atoms with Crippen LogP contribution in [0.15, 0.2) is 66.9 Å². The summed E-state index contributed by atoms with van der Waals surface area (Å²) in [6, 6.07) is 13.4. The Kier molecular flexibility index (Phi) is 5.54. The molecule has 1 aliphatic heterocycles. The number of hydrogen-bond acceptors (Lipinski definition) is 3. The van der Waals surface area contributed by atoms with Crippen LogP contribution in [-0.4, -0.2) is 18.9 Å². The second kappa shape index (κ2) is 8.41. The van der Waals surface area contributed by atoms with E-state index in [1.165, 1.54) is 47.1 Å². The van der Waals surface area contributed by atoms with E-state index in [0.29, 0.717) is 13.1 Å². The van der Waals surface area contributed by atoms with E-state index in [2.05, 4.69) is 47.8 Å². The molecule has 0 saturated heterocycles. The van der Waals surface area contributed by atoms with Crippen LogP contribution in [0.5, 0.6) is 0 Å². The van der Waals surface area contributed by atoms with E-state index in [1.54, 1.807) is 35.6 Å². The molecule has 3 aliphatic rings. The average molecular weight is 370 g/mol. The molecule has 28 heavy (non-hydrogen) atoms. The number of nitrogens with two attached hydrogens (primary N) is 1. The molecule has 5 rings (SSSR count). The number of carbonyl (C=O) groups is 1. The number of aryl methyl sites for hydroxylation is 1. The van der Waals surface area contributed by atoms with Crippen molar-refractivity contribution in [3.8, 4) is 11.1 Å². The molecule has 3 heteroatoms. The first kappa shape index (κ1) is 18.5. The van der Waals surface area contributed by atoms with Crippen LogP contribution in [0.3, 0.4) is 0 Å². The molecule has 3 nitrogen and oxygen atoms in total. The standard InChI is InChI=1S/C19H19N.C6H7NO/c20-12-14-5-3-7-17-16(14)10-11-18-15-6-2-1-4-13(15)8-9-19(17)18;8-6-3-1-2-4-7-5-6/h1-2,4-6,10-11H,3,7-9,12,20H2;1-4,7H,5H2. The Bertz CT molecular complexity index is 982. The van der Waals surface area contributed by atoms with Gasteiger partial charge in [0.1, 0.15) is 0 Å². The van der Waals surface area contributed by atoms with E-state index in [0.717, 1.165) is 6.42 Å². The van der Waals surface area contributed by atoms with Crippen LogP contribution in [0, 0.1) is 0 Å². The number of rotatable bonds is 1. The topological polar surface area (TPSA) is 55.1 Å². The maximum Gasteiger partial charge on any atom is 0.174 e. The summed E-state index contributed by atoms with van der Waals surface area (Å²) in [6.07, 6.45) is 13.8. The van der Waals surface area contributed by atoms with Gasteiger partial charge in [0.15, 0.2) is 5.78 Å².